The molecule has 4 aromatic rings. The second-order valence-corrected chi connectivity index (χ2v) is 23.9. The van der Waals surface area contributed by atoms with Gasteiger partial charge >= 0.3 is 218 Å². The van der Waals surface area contributed by atoms with Gasteiger partial charge in [0.15, 0.2) is 0 Å². The van der Waals surface area contributed by atoms with Crippen LogP contribution in [-0.2, 0) is 21.2 Å². The number of hydrogen-bond acceptors (Lipinski definition) is 1. The van der Waals surface area contributed by atoms with Crippen LogP contribution < -0.4 is 38.4 Å². The third-order valence-electron chi connectivity index (χ3n) is 6.87. The van der Waals surface area contributed by atoms with Crippen molar-refractivity contribution in [1.29, 1.82) is 0 Å². The van der Waals surface area contributed by atoms with Crippen molar-refractivity contribution in [2.24, 2.45) is 0 Å². The fourth-order valence-corrected chi connectivity index (χ4v) is 26.1. The van der Waals surface area contributed by atoms with Gasteiger partial charge < -0.3 is 24.8 Å². The summed E-state index contributed by atoms with van der Waals surface area (Å²) >= 11 is -2.71. The van der Waals surface area contributed by atoms with E-state index in [-0.39, 0.29) is 30.7 Å². The Morgan fingerprint density at radius 2 is 1.27 bits per heavy atom. The molecule has 1 aliphatic carbocycles. The van der Waals surface area contributed by atoms with Crippen LogP contribution >= 0.6 is 0 Å². The molecule has 5 rings (SSSR count). The Bertz CT molecular complexity index is 1330. The Kier molecular flexibility index (Phi) is 10.3. The van der Waals surface area contributed by atoms with E-state index in [9.17, 15) is 4.79 Å². The average Bonchev–Trinajstić information content (AvgIpc) is 3.28. The first kappa shape index (κ1) is 29.3. The number of allylic oxidation sites excluding steroid dienone is 1. The fraction of sp³-hybridized carbons (Fsp3) is 0.129. The summed E-state index contributed by atoms with van der Waals surface area (Å²) < 4.78 is 4.10. The van der Waals surface area contributed by atoms with Gasteiger partial charge in [-0.25, -0.2) is 0 Å². The molecule has 1 unspecified atom stereocenters. The first-order valence-corrected chi connectivity index (χ1v) is 20.8. The van der Waals surface area contributed by atoms with E-state index in [1.165, 1.54) is 27.1 Å². The van der Waals surface area contributed by atoms with Crippen LogP contribution in [0, 0.1) is 20.8 Å². The zero-order valence-corrected chi connectivity index (χ0v) is 26.3. The van der Waals surface area contributed by atoms with Crippen molar-refractivity contribution >= 4 is 28.3 Å². The molecule has 0 saturated carbocycles. The molecule has 1 amide bonds. The van der Waals surface area contributed by atoms with Gasteiger partial charge in [0, 0.05) is 0 Å². The smallest absolute Gasteiger partial charge is 1.00 e. The maximum atomic E-state index is 14.0. The minimum atomic E-state index is -2.71. The second kappa shape index (κ2) is 13.0. The first-order valence-electron chi connectivity index (χ1n) is 12.2. The maximum absolute atomic E-state index is 14.0. The molecule has 37 heavy (non-hydrogen) atoms. The van der Waals surface area contributed by atoms with Crippen LogP contribution in [0.1, 0.15) is 41.8 Å². The number of rotatable bonds is 6. The molecule has 0 bridgehead atoms. The maximum Gasteiger partial charge on any atom is -1.00 e. The SMILES string of the molecule is Cc1cc(C)c(C(=O)[NH][Zr+2]([CH]2C=Cc3ccccc32)[SiH](c2ccccc2)c2ccccc2)c(C)c1.[Cl-].[Cl-]. The van der Waals surface area contributed by atoms with Gasteiger partial charge in [0.05, 0.1) is 0 Å². The normalized spacial score (nSPS) is 13.4. The monoisotopic (exact) mass is 620 g/mol. The van der Waals surface area contributed by atoms with E-state index in [1.807, 2.05) is 0 Å². The Morgan fingerprint density at radius 3 is 1.84 bits per heavy atom. The Labute approximate surface area is 241 Å². The van der Waals surface area contributed by atoms with E-state index >= 15 is 0 Å². The number of halogens is 2. The molecular weight excluding hydrogens is 593 g/mol. The first-order chi connectivity index (χ1) is 17.0. The van der Waals surface area contributed by atoms with Crippen molar-refractivity contribution < 1.29 is 50.8 Å². The fourth-order valence-electron chi connectivity index (χ4n) is 5.42. The number of fused-ring (bicyclic) bond motifs is 1. The topological polar surface area (TPSA) is 29.1 Å². The molecule has 0 heterocycles. The quantitative estimate of drug-likeness (QED) is 0.281. The minimum absolute atomic E-state index is 0. The summed E-state index contributed by atoms with van der Waals surface area (Å²) in [5.74, 6) is -1.58. The van der Waals surface area contributed by atoms with Crippen molar-refractivity contribution in [1.82, 2.24) is 3.26 Å². The predicted octanol–water partition coefficient (Wildman–Crippen LogP) is -0.811. The van der Waals surface area contributed by atoms with Gasteiger partial charge in [0.2, 0.25) is 0 Å². The molecule has 4 aromatic carbocycles. The Morgan fingerprint density at radius 1 is 0.757 bits per heavy atom. The molecule has 0 saturated heterocycles. The third kappa shape index (κ3) is 6.26. The number of carbonyl (C=O) groups is 1. The van der Waals surface area contributed by atoms with Crippen LogP contribution in [-0.4, -0.2) is 11.8 Å². The summed E-state index contributed by atoms with van der Waals surface area (Å²) in [5, 5.41) is 2.84. The van der Waals surface area contributed by atoms with Gasteiger partial charge in [-0.15, -0.1) is 0 Å². The molecule has 0 radical (unpaired) electrons. The van der Waals surface area contributed by atoms with Crippen LogP contribution in [0.5, 0.6) is 0 Å². The molecule has 1 aliphatic rings. The van der Waals surface area contributed by atoms with E-state index in [0.717, 1.165) is 16.7 Å². The molecule has 6 heteroatoms. The number of benzene rings is 4. The largest absolute Gasteiger partial charge is 1.00 e. The van der Waals surface area contributed by atoms with Crippen LogP contribution in [0.3, 0.4) is 0 Å². The summed E-state index contributed by atoms with van der Waals surface area (Å²) in [5.41, 5.74) is 6.83. The van der Waals surface area contributed by atoms with Crippen LogP contribution in [0.2, 0.25) is 0 Å². The van der Waals surface area contributed by atoms with E-state index < -0.39 is 27.1 Å². The summed E-state index contributed by atoms with van der Waals surface area (Å²) in [6.07, 6.45) is 4.64. The zero-order chi connectivity index (χ0) is 24.4. The molecule has 0 aromatic heterocycles. The number of aryl methyl sites for hydroxylation is 3. The third-order valence-corrected chi connectivity index (χ3v) is 26.2. The van der Waals surface area contributed by atoms with Gasteiger partial charge in [-0.3, -0.25) is 0 Å². The molecule has 1 atom stereocenters. The van der Waals surface area contributed by atoms with Gasteiger partial charge in [-0.1, -0.05) is 0 Å². The van der Waals surface area contributed by atoms with Crippen LogP contribution in [0.15, 0.2) is 103 Å². The average molecular weight is 623 g/mol. The number of amides is 1. The zero-order valence-electron chi connectivity index (χ0n) is 21.2. The number of nitrogens with one attached hydrogen (secondary N) is 1. The van der Waals surface area contributed by atoms with Gasteiger partial charge in [0.1, 0.15) is 0 Å². The molecular formula is C31H30Cl2NOSiZr. The predicted molar refractivity (Wildman–Crippen MR) is 146 cm³/mol. The van der Waals surface area contributed by atoms with E-state index in [1.54, 1.807) is 0 Å². The van der Waals surface area contributed by atoms with Gasteiger partial charge in [-0.2, -0.15) is 0 Å². The molecule has 2 nitrogen and oxygen atoms in total. The van der Waals surface area contributed by atoms with Crippen molar-refractivity contribution in [3.05, 3.63) is 137 Å². The van der Waals surface area contributed by atoms with Crippen molar-refractivity contribution in [2.45, 2.75) is 24.4 Å². The number of carbonyl (C=O) groups excluding carboxylic acids is 1. The standard InChI is InChI=1S/C12H11Si.C10H13NO.C9H7.2ClH.Zr/c1-3-7-11(8-4-1)13-12-9-5-2-6-10-12;1-6-4-7(2)9(10(11)12)8(3)5-6;1-2-5-9-7-3-6-8(9)4-1;;;/h1-10,13H;4-5H,1-3H3,(H2,11,12);1-7H;2*1H;/q;;;;;+3/p-3. The van der Waals surface area contributed by atoms with E-state index in [4.69, 9.17) is 0 Å². The Hall–Kier alpha value is -2.23. The minimum Gasteiger partial charge on any atom is -1.00 e. The van der Waals surface area contributed by atoms with Gasteiger partial charge in [0.25, 0.3) is 0 Å². The summed E-state index contributed by atoms with van der Waals surface area (Å²) in [7, 11) is 0. The van der Waals surface area contributed by atoms with E-state index in [2.05, 4.69) is 133 Å². The summed E-state index contributed by atoms with van der Waals surface area (Å²) in [6.45, 7) is 6.22. The molecule has 187 valence electrons. The van der Waals surface area contributed by atoms with Crippen molar-refractivity contribution in [2.75, 3.05) is 0 Å². The second-order valence-electron chi connectivity index (χ2n) is 9.40. The van der Waals surface area contributed by atoms with Crippen molar-refractivity contribution in [3.8, 4) is 0 Å². The molecule has 1 N–H and O–H groups in total. The molecule has 0 spiro atoms. The molecule has 0 fully saturated rings. The molecule has 0 aliphatic heterocycles. The summed E-state index contributed by atoms with van der Waals surface area (Å²) in [6, 6.07) is 34.8. The number of hydrogen-bond donors (Lipinski definition) is 1. The van der Waals surface area contributed by atoms with Crippen molar-refractivity contribution in [3.63, 3.8) is 0 Å². The van der Waals surface area contributed by atoms with Crippen LogP contribution in [0.25, 0.3) is 6.08 Å². The summed E-state index contributed by atoms with van der Waals surface area (Å²) in [4.78, 5) is 14.0. The van der Waals surface area contributed by atoms with Gasteiger partial charge in [-0.05, 0) is 0 Å². The van der Waals surface area contributed by atoms with Crippen LogP contribution in [0.4, 0.5) is 0 Å². The Balaban J connectivity index is 0.00000190. The van der Waals surface area contributed by atoms with E-state index in [0.29, 0.717) is 3.63 Å².